The van der Waals surface area contributed by atoms with E-state index in [2.05, 4.69) is 308 Å². The van der Waals surface area contributed by atoms with Crippen LogP contribution in [0.25, 0.3) is 169 Å². The van der Waals surface area contributed by atoms with Crippen LogP contribution in [0.5, 0.6) is 0 Å². The molecule has 20 aromatic rings. The van der Waals surface area contributed by atoms with E-state index in [1.807, 2.05) is 188 Å². The van der Waals surface area contributed by atoms with Gasteiger partial charge in [0.15, 0.2) is 29.1 Å². The third kappa shape index (κ3) is 22.1. The van der Waals surface area contributed by atoms with Crippen LogP contribution in [0.4, 0.5) is 0 Å². The number of rotatable bonds is 15. The van der Waals surface area contributed by atoms with E-state index in [0.29, 0.717) is 17.5 Å². The zero-order valence-corrected chi connectivity index (χ0v) is 70.4. The average Bonchev–Trinajstić information content (AvgIpc) is 0.821. The fraction of sp³-hybridized carbons (Fsp3) is 0.0431. The SMILES string of the molecule is Cc1ccc(-c2cc(-c3ccccc3)nc(-c3ccccc3)c2)cc1.Cc1cccc(-c2cc(-c3ccccc3)cc(-c3ccccc3)n2)c1.Cc1cccc(-c2cc(-c3ccccc3)nc(-c3ccccc3)n2)c1.Cc1cccc(-c2nc(-c3ccccc3)cc(-c3ccccc3)n2)c1.Cc1cccc(-c2nc(-c3ccccc3)nc(-c3ccccc3)n2)c1. The second-order valence-corrected chi connectivity index (χ2v) is 30.5. The number of aryl methyl sites for hydroxylation is 5. The van der Waals surface area contributed by atoms with Crippen molar-refractivity contribution in [3.63, 3.8) is 0 Å². The average molecular weight is 1610 g/mol. The molecule has 0 aliphatic carbocycles. The highest BCUT2D eigenvalue weighted by Gasteiger charge is 2.17. The highest BCUT2D eigenvalue weighted by Crippen LogP contribution is 2.36. The summed E-state index contributed by atoms with van der Waals surface area (Å²) in [5.74, 6) is 3.57. The lowest BCUT2D eigenvalue weighted by atomic mass is 9.99. The van der Waals surface area contributed by atoms with Crippen molar-refractivity contribution in [1.82, 2.24) is 44.9 Å². The number of hydrogen-bond acceptors (Lipinski definition) is 9. The summed E-state index contributed by atoms with van der Waals surface area (Å²) in [6.07, 6.45) is 0. The van der Waals surface area contributed by atoms with Gasteiger partial charge < -0.3 is 0 Å². The van der Waals surface area contributed by atoms with Crippen molar-refractivity contribution in [2.75, 3.05) is 0 Å². The summed E-state index contributed by atoms with van der Waals surface area (Å²) in [4.78, 5) is 43.3. The Labute approximate surface area is 732 Å². The molecular formula is C116H91N9. The molecule has 15 aromatic carbocycles. The van der Waals surface area contributed by atoms with Gasteiger partial charge in [-0.05, 0) is 118 Å². The van der Waals surface area contributed by atoms with E-state index >= 15 is 0 Å². The molecular weight excluding hydrogens is 1520 g/mol. The predicted molar refractivity (Wildman–Crippen MR) is 518 cm³/mol. The second-order valence-electron chi connectivity index (χ2n) is 30.5. The Bertz CT molecular complexity index is 5930. The predicted octanol–water partition coefficient (Wildman–Crippen LogP) is 29.5. The molecule has 20 rings (SSSR count). The fourth-order valence-corrected chi connectivity index (χ4v) is 14.5. The van der Waals surface area contributed by atoms with Crippen LogP contribution in [0, 0.1) is 34.6 Å². The Morgan fingerprint density at radius 1 is 0.104 bits per heavy atom. The smallest absolute Gasteiger partial charge is 0.164 e. The molecule has 0 spiro atoms. The minimum Gasteiger partial charge on any atom is -0.248 e. The molecule has 5 heterocycles. The number of benzene rings is 15. The zero-order chi connectivity index (χ0) is 85.3. The van der Waals surface area contributed by atoms with E-state index in [4.69, 9.17) is 44.9 Å². The summed E-state index contributed by atoms with van der Waals surface area (Å²) in [5.41, 5.74) is 32.6. The van der Waals surface area contributed by atoms with Gasteiger partial charge in [0, 0.05) is 72.3 Å². The molecule has 0 aliphatic heterocycles. The quantitative estimate of drug-likeness (QED) is 0.0989. The van der Waals surface area contributed by atoms with Crippen LogP contribution in [0.15, 0.2) is 461 Å². The normalized spacial score (nSPS) is 10.6. The molecule has 0 unspecified atom stereocenters. The van der Waals surface area contributed by atoms with Gasteiger partial charge in [0.05, 0.1) is 45.6 Å². The standard InChI is InChI=1S/2C24H19N.2C23H18N2.C22H17N3/c1-18-9-8-14-21(15-18)24-17-22(19-10-4-2-5-11-19)16-23(25-24)20-12-6-3-7-13-20;1-18-12-14-19(15-13-18)22-16-23(20-8-4-2-5-9-20)25-24(17-22)21-10-6-3-7-11-21;1-17-9-8-14-20(15-17)22-16-21(18-10-4-2-5-11-18)24-23(25-22)19-12-6-3-7-13-19;1-17-9-8-14-20(15-17)23-24-21(18-10-4-2-5-11-18)16-22(25-23)19-12-6-3-7-13-19;1-16-9-8-14-19(15-16)22-24-20(17-10-4-2-5-11-17)23-21(25-22)18-12-6-3-7-13-18/h2*2-17H,1H3;2*2-16H,1H3;2-15H,1H3. The first-order chi connectivity index (χ1) is 61.5. The molecule has 0 amide bonds. The van der Waals surface area contributed by atoms with Gasteiger partial charge in [-0.25, -0.2) is 44.9 Å². The van der Waals surface area contributed by atoms with Gasteiger partial charge in [0.1, 0.15) is 0 Å². The van der Waals surface area contributed by atoms with Crippen LogP contribution in [-0.4, -0.2) is 44.9 Å². The van der Waals surface area contributed by atoms with Gasteiger partial charge >= 0.3 is 0 Å². The molecule has 9 heteroatoms. The second kappa shape index (κ2) is 40.7. The first-order valence-electron chi connectivity index (χ1n) is 42.0. The van der Waals surface area contributed by atoms with E-state index in [1.54, 1.807) is 0 Å². The number of aromatic nitrogens is 9. The number of pyridine rings is 2. The van der Waals surface area contributed by atoms with E-state index < -0.39 is 0 Å². The van der Waals surface area contributed by atoms with Crippen LogP contribution in [0.1, 0.15) is 27.8 Å². The highest BCUT2D eigenvalue weighted by atomic mass is 15.0. The van der Waals surface area contributed by atoms with Gasteiger partial charge in [-0.3, -0.25) is 0 Å². The van der Waals surface area contributed by atoms with Crippen molar-refractivity contribution in [3.05, 3.63) is 489 Å². The minimum atomic E-state index is 0.686. The molecule has 0 fully saturated rings. The number of hydrogen-bond donors (Lipinski definition) is 0. The van der Waals surface area contributed by atoms with Crippen LogP contribution in [0.3, 0.4) is 0 Å². The first kappa shape index (κ1) is 82.5. The summed E-state index contributed by atoms with van der Waals surface area (Å²) >= 11 is 0. The minimum absolute atomic E-state index is 0.686. The Kier molecular flexibility index (Phi) is 26.8. The van der Waals surface area contributed by atoms with Crippen LogP contribution in [0.2, 0.25) is 0 Å². The van der Waals surface area contributed by atoms with E-state index in [9.17, 15) is 0 Å². The van der Waals surface area contributed by atoms with Crippen molar-refractivity contribution in [2.24, 2.45) is 0 Å². The molecule has 600 valence electrons. The molecule has 0 saturated carbocycles. The summed E-state index contributed by atoms with van der Waals surface area (Å²) in [5, 5.41) is 0. The maximum atomic E-state index is 4.94. The molecule has 0 aliphatic rings. The molecule has 0 saturated heterocycles. The van der Waals surface area contributed by atoms with Gasteiger partial charge in [-0.1, -0.05) is 428 Å². The third-order valence-corrected chi connectivity index (χ3v) is 20.9. The largest absolute Gasteiger partial charge is 0.248 e. The molecule has 125 heavy (non-hydrogen) atoms. The summed E-state index contributed by atoms with van der Waals surface area (Å²) in [6.45, 7) is 10.5. The lowest BCUT2D eigenvalue weighted by Gasteiger charge is -2.10. The molecule has 0 atom stereocenters. The summed E-state index contributed by atoms with van der Waals surface area (Å²) < 4.78 is 0. The van der Waals surface area contributed by atoms with Gasteiger partial charge in [0.2, 0.25) is 0 Å². The van der Waals surface area contributed by atoms with Gasteiger partial charge in [0.25, 0.3) is 0 Å². The fourth-order valence-electron chi connectivity index (χ4n) is 14.5. The first-order valence-corrected chi connectivity index (χ1v) is 42.0. The van der Waals surface area contributed by atoms with E-state index in [-0.39, 0.29) is 0 Å². The number of nitrogens with zero attached hydrogens (tertiary/aromatic N) is 9. The monoisotopic (exact) mass is 1610 g/mol. The highest BCUT2D eigenvalue weighted by molar-refractivity contribution is 5.80. The van der Waals surface area contributed by atoms with Crippen molar-refractivity contribution < 1.29 is 0 Å². The van der Waals surface area contributed by atoms with Crippen molar-refractivity contribution in [2.45, 2.75) is 34.6 Å². The molecule has 9 nitrogen and oxygen atoms in total. The van der Waals surface area contributed by atoms with Crippen molar-refractivity contribution in [3.8, 4) is 169 Å². The molecule has 0 radical (unpaired) electrons. The molecule has 0 bridgehead atoms. The lowest BCUT2D eigenvalue weighted by molar-refractivity contribution is 1.07. The van der Waals surface area contributed by atoms with Gasteiger partial charge in [-0.15, -0.1) is 0 Å². The third-order valence-electron chi connectivity index (χ3n) is 20.9. The maximum absolute atomic E-state index is 4.94. The van der Waals surface area contributed by atoms with Crippen molar-refractivity contribution >= 4 is 0 Å². The van der Waals surface area contributed by atoms with Gasteiger partial charge in [-0.2, -0.15) is 0 Å². The molecule has 5 aromatic heterocycles. The Hall–Kier alpha value is -16.2. The van der Waals surface area contributed by atoms with Crippen LogP contribution < -0.4 is 0 Å². The Morgan fingerprint density at radius 3 is 0.560 bits per heavy atom. The molecule has 0 N–H and O–H groups in total. The van der Waals surface area contributed by atoms with Crippen LogP contribution >= 0.6 is 0 Å². The Balaban J connectivity index is 0.000000115. The zero-order valence-electron chi connectivity index (χ0n) is 70.4. The Morgan fingerprint density at radius 2 is 0.288 bits per heavy atom. The van der Waals surface area contributed by atoms with E-state index in [0.717, 1.165) is 130 Å². The summed E-state index contributed by atoms with van der Waals surface area (Å²) in [6, 6.07) is 157. The maximum Gasteiger partial charge on any atom is 0.164 e. The van der Waals surface area contributed by atoms with Crippen molar-refractivity contribution in [1.29, 1.82) is 0 Å². The topological polar surface area (TPSA) is 116 Å². The van der Waals surface area contributed by atoms with Crippen LogP contribution in [-0.2, 0) is 0 Å². The lowest BCUT2D eigenvalue weighted by Crippen LogP contribution is -2.00. The van der Waals surface area contributed by atoms with E-state index in [1.165, 1.54) is 50.1 Å². The summed E-state index contributed by atoms with van der Waals surface area (Å²) in [7, 11) is 0.